The van der Waals surface area contributed by atoms with E-state index in [1.165, 1.54) is 6.42 Å². The van der Waals surface area contributed by atoms with Gasteiger partial charge < -0.3 is 9.57 Å². The molecule has 4 nitrogen and oxygen atoms in total. The predicted molar refractivity (Wildman–Crippen MR) is 69.2 cm³/mol. The molecule has 0 aromatic rings. The van der Waals surface area contributed by atoms with E-state index in [1.54, 1.807) is 7.11 Å². The van der Waals surface area contributed by atoms with E-state index in [1.807, 2.05) is 6.92 Å². The van der Waals surface area contributed by atoms with Gasteiger partial charge in [0.1, 0.15) is 7.11 Å². The molecule has 0 unspecified atom stereocenters. The first kappa shape index (κ1) is 13.4. The van der Waals surface area contributed by atoms with Crippen LogP contribution in [0, 0.1) is 23.2 Å². The minimum atomic E-state index is -0.120. The number of carbonyl (C=O) groups excluding carboxylic acids is 1. The molecule has 0 spiro atoms. The molecule has 0 heterocycles. The van der Waals surface area contributed by atoms with Crippen molar-refractivity contribution in [3.63, 3.8) is 0 Å². The van der Waals surface area contributed by atoms with E-state index in [0.29, 0.717) is 30.3 Å². The first-order chi connectivity index (χ1) is 8.50. The molecule has 0 amide bonds. The van der Waals surface area contributed by atoms with Crippen molar-refractivity contribution in [2.24, 2.45) is 28.3 Å². The van der Waals surface area contributed by atoms with Gasteiger partial charge in [-0.15, -0.1) is 0 Å². The van der Waals surface area contributed by atoms with Gasteiger partial charge in [0.15, 0.2) is 0 Å². The molecule has 3 aliphatic rings. The Kier molecular flexibility index (Phi) is 3.64. The summed E-state index contributed by atoms with van der Waals surface area (Å²) >= 11 is 0. The SMILES string of the molecule is CCOC(=O)C[C@H]1C[C@H]2C[C@@H](/C1=N/OC)C2(C)C. The number of ether oxygens (including phenoxy) is 1. The smallest absolute Gasteiger partial charge is 0.306 e. The van der Waals surface area contributed by atoms with Crippen LogP contribution in [0.15, 0.2) is 5.16 Å². The molecule has 3 fully saturated rings. The van der Waals surface area contributed by atoms with Gasteiger partial charge in [-0.2, -0.15) is 0 Å². The van der Waals surface area contributed by atoms with E-state index in [-0.39, 0.29) is 11.9 Å². The Morgan fingerprint density at radius 1 is 1.44 bits per heavy atom. The minimum Gasteiger partial charge on any atom is -0.466 e. The third-order valence-corrected chi connectivity index (χ3v) is 4.73. The van der Waals surface area contributed by atoms with Gasteiger partial charge in [0, 0.05) is 11.8 Å². The molecule has 3 rings (SSSR count). The summed E-state index contributed by atoms with van der Waals surface area (Å²) in [4.78, 5) is 16.6. The second kappa shape index (κ2) is 4.90. The van der Waals surface area contributed by atoms with E-state index in [0.717, 1.165) is 12.1 Å². The van der Waals surface area contributed by atoms with Crippen LogP contribution in [-0.4, -0.2) is 25.4 Å². The van der Waals surface area contributed by atoms with Gasteiger partial charge in [-0.05, 0) is 31.1 Å². The highest BCUT2D eigenvalue weighted by atomic mass is 16.6. The lowest BCUT2D eigenvalue weighted by molar-refractivity contribution is -0.144. The van der Waals surface area contributed by atoms with Crippen molar-refractivity contribution < 1.29 is 14.4 Å². The summed E-state index contributed by atoms with van der Waals surface area (Å²) in [6.45, 7) is 6.86. The van der Waals surface area contributed by atoms with Crippen molar-refractivity contribution in [3.05, 3.63) is 0 Å². The van der Waals surface area contributed by atoms with Crippen LogP contribution in [0.4, 0.5) is 0 Å². The average molecular weight is 253 g/mol. The monoisotopic (exact) mass is 253 g/mol. The molecule has 2 bridgehead atoms. The minimum absolute atomic E-state index is 0.120. The highest BCUT2D eigenvalue weighted by Gasteiger charge is 2.56. The Bertz CT molecular complexity index is 362. The Morgan fingerprint density at radius 3 is 2.72 bits per heavy atom. The molecule has 3 atom stereocenters. The average Bonchev–Trinajstić information content (AvgIpc) is 2.31. The fourth-order valence-corrected chi connectivity index (χ4v) is 3.52. The first-order valence-electron chi connectivity index (χ1n) is 6.77. The van der Waals surface area contributed by atoms with E-state index in [2.05, 4.69) is 19.0 Å². The second-order valence-electron chi connectivity index (χ2n) is 5.95. The molecule has 102 valence electrons. The molecule has 3 saturated carbocycles. The Labute approximate surface area is 109 Å². The fraction of sp³-hybridized carbons (Fsp3) is 0.857. The van der Waals surface area contributed by atoms with Crippen LogP contribution in [0.2, 0.25) is 0 Å². The lowest BCUT2D eigenvalue weighted by Gasteiger charge is -2.58. The van der Waals surface area contributed by atoms with Crippen LogP contribution in [-0.2, 0) is 14.4 Å². The summed E-state index contributed by atoms with van der Waals surface area (Å²) in [5.74, 6) is 1.26. The van der Waals surface area contributed by atoms with Crippen molar-refractivity contribution in [2.75, 3.05) is 13.7 Å². The lowest BCUT2D eigenvalue weighted by atomic mass is 9.46. The Morgan fingerprint density at radius 2 is 2.17 bits per heavy atom. The van der Waals surface area contributed by atoms with E-state index in [4.69, 9.17) is 9.57 Å². The Hall–Kier alpha value is -1.06. The maximum absolute atomic E-state index is 11.6. The maximum Gasteiger partial charge on any atom is 0.306 e. The van der Waals surface area contributed by atoms with E-state index >= 15 is 0 Å². The van der Waals surface area contributed by atoms with Gasteiger partial charge >= 0.3 is 5.97 Å². The number of hydrogen-bond donors (Lipinski definition) is 0. The molecule has 4 heteroatoms. The van der Waals surface area contributed by atoms with Crippen molar-refractivity contribution in [1.29, 1.82) is 0 Å². The highest BCUT2D eigenvalue weighted by molar-refractivity contribution is 5.94. The number of oxime groups is 1. The van der Waals surface area contributed by atoms with Gasteiger partial charge in [0.25, 0.3) is 0 Å². The normalized spacial score (nSPS) is 34.9. The highest BCUT2D eigenvalue weighted by Crippen LogP contribution is 2.59. The number of hydrogen-bond acceptors (Lipinski definition) is 4. The molecule has 0 aromatic carbocycles. The zero-order valence-electron chi connectivity index (χ0n) is 11.7. The molecular weight excluding hydrogens is 230 g/mol. The molecule has 3 aliphatic carbocycles. The van der Waals surface area contributed by atoms with Crippen molar-refractivity contribution >= 4 is 11.7 Å². The largest absolute Gasteiger partial charge is 0.466 e. The number of rotatable bonds is 4. The maximum atomic E-state index is 11.6. The first-order valence-corrected chi connectivity index (χ1v) is 6.77. The number of fused-ring (bicyclic) bond motifs is 2. The number of esters is 1. The fourth-order valence-electron chi connectivity index (χ4n) is 3.52. The van der Waals surface area contributed by atoms with Crippen LogP contribution in [0.1, 0.15) is 40.0 Å². The van der Waals surface area contributed by atoms with Crippen molar-refractivity contribution in [1.82, 2.24) is 0 Å². The zero-order chi connectivity index (χ0) is 13.3. The molecular formula is C14H23NO3. The van der Waals surface area contributed by atoms with Crippen LogP contribution >= 0.6 is 0 Å². The summed E-state index contributed by atoms with van der Waals surface area (Å²) < 4.78 is 5.04. The summed E-state index contributed by atoms with van der Waals surface area (Å²) in [6.07, 6.45) is 2.66. The van der Waals surface area contributed by atoms with Gasteiger partial charge in [0.2, 0.25) is 0 Å². The topological polar surface area (TPSA) is 47.9 Å². The third-order valence-electron chi connectivity index (χ3n) is 4.73. The van der Waals surface area contributed by atoms with Crippen LogP contribution in [0.25, 0.3) is 0 Å². The standard InChI is InChI=1S/C14H23NO3/c1-5-18-12(16)7-9-6-10-8-11(14(10,2)3)13(9)15-17-4/h9-11H,5-8H2,1-4H3/b15-13+/t9-,10+,11+/m1/s1. The summed E-state index contributed by atoms with van der Waals surface area (Å²) in [7, 11) is 1.58. The van der Waals surface area contributed by atoms with Crippen LogP contribution < -0.4 is 0 Å². The molecule has 0 aliphatic heterocycles. The lowest BCUT2D eigenvalue weighted by Crippen LogP contribution is -2.56. The van der Waals surface area contributed by atoms with Crippen LogP contribution in [0.3, 0.4) is 0 Å². The van der Waals surface area contributed by atoms with Gasteiger partial charge in [-0.1, -0.05) is 19.0 Å². The van der Waals surface area contributed by atoms with Gasteiger partial charge in [-0.3, -0.25) is 4.79 Å². The second-order valence-corrected chi connectivity index (χ2v) is 5.95. The van der Waals surface area contributed by atoms with Crippen LogP contribution in [0.5, 0.6) is 0 Å². The number of nitrogens with zero attached hydrogens (tertiary/aromatic N) is 1. The summed E-state index contributed by atoms with van der Waals surface area (Å²) in [5.41, 5.74) is 1.38. The molecule has 0 N–H and O–H groups in total. The predicted octanol–water partition coefficient (Wildman–Crippen LogP) is 2.62. The van der Waals surface area contributed by atoms with Gasteiger partial charge in [0.05, 0.1) is 18.7 Å². The Balaban J connectivity index is 2.08. The third kappa shape index (κ3) is 2.13. The molecule has 0 saturated heterocycles. The molecule has 18 heavy (non-hydrogen) atoms. The summed E-state index contributed by atoms with van der Waals surface area (Å²) in [5, 5.41) is 4.20. The molecule has 0 aromatic heterocycles. The zero-order valence-corrected chi connectivity index (χ0v) is 11.7. The van der Waals surface area contributed by atoms with Gasteiger partial charge in [-0.25, -0.2) is 0 Å². The van der Waals surface area contributed by atoms with Crippen molar-refractivity contribution in [3.8, 4) is 0 Å². The van der Waals surface area contributed by atoms with E-state index < -0.39 is 0 Å². The molecule has 0 radical (unpaired) electrons. The van der Waals surface area contributed by atoms with E-state index in [9.17, 15) is 4.79 Å². The quantitative estimate of drug-likeness (QED) is 0.571. The van der Waals surface area contributed by atoms with Crippen molar-refractivity contribution in [2.45, 2.75) is 40.0 Å². The summed E-state index contributed by atoms with van der Waals surface area (Å²) in [6, 6.07) is 0. The number of carbonyl (C=O) groups is 1.